The van der Waals surface area contributed by atoms with E-state index in [9.17, 15) is 4.79 Å². The summed E-state index contributed by atoms with van der Waals surface area (Å²) in [5.74, 6) is -0.104. The van der Waals surface area contributed by atoms with Gasteiger partial charge in [-0.1, -0.05) is 18.2 Å². The minimum atomic E-state index is -0.104. The molecule has 0 aliphatic heterocycles. The Labute approximate surface area is 97.3 Å². The van der Waals surface area contributed by atoms with E-state index in [0.29, 0.717) is 18.5 Å². The summed E-state index contributed by atoms with van der Waals surface area (Å²) >= 11 is 1.56. The van der Waals surface area contributed by atoms with Gasteiger partial charge in [0, 0.05) is 22.0 Å². The van der Waals surface area contributed by atoms with Gasteiger partial charge in [-0.05, 0) is 6.07 Å². The van der Waals surface area contributed by atoms with Gasteiger partial charge in [0.15, 0.2) is 0 Å². The smallest absolute Gasteiger partial charge is 0.252 e. The first-order valence-corrected chi connectivity index (χ1v) is 5.82. The van der Waals surface area contributed by atoms with Crippen molar-refractivity contribution in [3.63, 3.8) is 0 Å². The third kappa shape index (κ3) is 2.05. The van der Waals surface area contributed by atoms with Gasteiger partial charge in [0.25, 0.3) is 5.91 Å². The van der Waals surface area contributed by atoms with Gasteiger partial charge in [-0.3, -0.25) is 4.79 Å². The number of benzene rings is 1. The number of hydrogen-bond acceptors (Lipinski definition) is 3. The van der Waals surface area contributed by atoms with Gasteiger partial charge in [-0.25, -0.2) is 0 Å². The third-order valence-corrected chi connectivity index (χ3v) is 3.21. The summed E-state index contributed by atoms with van der Waals surface area (Å²) in [5.41, 5.74) is 0.693. The van der Waals surface area contributed by atoms with Gasteiger partial charge in [-0.2, -0.15) is 5.26 Å². The molecular formula is C12H10N2OS. The largest absolute Gasteiger partial charge is 0.351 e. The number of rotatable bonds is 3. The second-order valence-electron chi connectivity index (χ2n) is 3.31. The Morgan fingerprint density at radius 1 is 1.44 bits per heavy atom. The Balaban J connectivity index is 2.20. The number of hydrogen-bond donors (Lipinski definition) is 1. The molecule has 0 unspecified atom stereocenters. The monoisotopic (exact) mass is 230 g/mol. The van der Waals surface area contributed by atoms with Crippen LogP contribution in [0.15, 0.2) is 29.6 Å². The fourth-order valence-electron chi connectivity index (χ4n) is 1.48. The molecular weight excluding hydrogens is 220 g/mol. The quantitative estimate of drug-likeness (QED) is 0.824. The van der Waals surface area contributed by atoms with Gasteiger partial charge < -0.3 is 5.32 Å². The van der Waals surface area contributed by atoms with Crippen LogP contribution in [0.2, 0.25) is 0 Å². The summed E-state index contributed by atoms with van der Waals surface area (Å²) in [7, 11) is 0. The van der Waals surface area contributed by atoms with Crippen LogP contribution in [0.1, 0.15) is 16.8 Å². The highest BCUT2D eigenvalue weighted by Crippen LogP contribution is 2.25. The molecule has 0 radical (unpaired) electrons. The first-order valence-electron chi connectivity index (χ1n) is 4.94. The molecule has 1 aromatic carbocycles. The van der Waals surface area contributed by atoms with E-state index in [1.165, 1.54) is 0 Å². The second-order valence-corrected chi connectivity index (χ2v) is 4.22. The fraction of sp³-hybridized carbons (Fsp3) is 0.167. The van der Waals surface area contributed by atoms with Gasteiger partial charge in [-0.15, -0.1) is 11.3 Å². The normalized spacial score (nSPS) is 9.94. The zero-order valence-electron chi connectivity index (χ0n) is 8.56. The number of nitrogens with one attached hydrogen (secondary N) is 1. The van der Waals surface area contributed by atoms with Crippen molar-refractivity contribution in [2.24, 2.45) is 0 Å². The van der Waals surface area contributed by atoms with Gasteiger partial charge >= 0.3 is 0 Å². The number of amides is 1. The van der Waals surface area contributed by atoms with E-state index in [1.807, 2.05) is 35.7 Å². The van der Waals surface area contributed by atoms with Crippen molar-refractivity contribution >= 4 is 27.3 Å². The molecule has 0 aliphatic carbocycles. The number of nitrogens with zero attached hydrogens (tertiary/aromatic N) is 1. The molecule has 0 spiro atoms. The molecule has 0 saturated carbocycles. The van der Waals surface area contributed by atoms with Crippen molar-refractivity contribution in [3.05, 3.63) is 35.2 Å². The number of thiophene rings is 1. The summed E-state index contributed by atoms with van der Waals surface area (Å²) < 4.78 is 1.10. The standard InChI is InChI=1S/C12H10N2OS/c13-6-3-7-14-12(15)10-8-16-11-5-2-1-4-9(10)11/h1-2,4-5,8H,3,7H2,(H,14,15). The van der Waals surface area contributed by atoms with Crippen LogP contribution in [0, 0.1) is 11.3 Å². The Morgan fingerprint density at radius 3 is 3.06 bits per heavy atom. The maximum Gasteiger partial charge on any atom is 0.252 e. The predicted octanol–water partition coefficient (Wildman–Crippen LogP) is 2.54. The van der Waals surface area contributed by atoms with E-state index in [-0.39, 0.29) is 5.91 Å². The molecule has 3 nitrogen and oxygen atoms in total. The lowest BCUT2D eigenvalue weighted by Crippen LogP contribution is -2.23. The molecule has 2 rings (SSSR count). The zero-order valence-corrected chi connectivity index (χ0v) is 9.38. The lowest BCUT2D eigenvalue weighted by Gasteiger charge is -2.00. The highest BCUT2D eigenvalue weighted by atomic mass is 32.1. The average Bonchev–Trinajstić information content (AvgIpc) is 2.73. The Kier molecular flexibility index (Phi) is 3.18. The van der Waals surface area contributed by atoms with Crippen molar-refractivity contribution < 1.29 is 4.79 Å². The molecule has 4 heteroatoms. The van der Waals surface area contributed by atoms with E-state index in [4.69, 9.17) is 5.26 Å². The lowest BCUT2D eigenvalue weighted by molar-refractivity contribution is 0.0956. The molecule has 0 bridgehead atoms. The van der Waals surface area contributed by atoms with E-state index in [2.05, 4.69) is 5.32 Å². The lowest BCUT2D eigenvalue weighted by atomic mass is 10.1. The second kappa shape index (κ2) is 4.77. The molecule has 1 N–H and O–H groups in total. The molecule has 1 amide bonds. The summed E-state index contributed by atoms with van der Waals surface area (Å²) in [6.07, 6.45) is 0.341. The molecule has 0 atom stereocenters. The highest BCUT2D eigenvalue weighted by molar-refractivity contribution is 7.17. The summed E-state index contributed by atoms with van der Waals surface area (Å²) in [4.78, 5) is 11.8. The number of fused-ring (bicyclic) bond motifs is 1. The molecule has 1 aromatic heterocycles. The van der Waals surface area contributed by atoms with Crippen molar-refractivity contribution in [1.82, 2.24) is 5.32 Å². The molecule has 0 aliphatic rings. The molecule has 1 heterocycles. The Morgan fingerprint density at radius 2 is 2.25 bits per heavy atom. The third-order valence-electron chi connectivity index (χ3n) is 2.25. The van der Waals surface area contributed by atoms with Crippen LogP contribution in [0.5, 0.6) is 0 Å². The number of carbonyl (C=O) groups is 1. The van der Waals surface area contributed by atoms with Gasteiger partial charge in [0.2, 0.25) is 0 Å². The Hall–Kier alpha value is -1.86. The Bertz CT molecular complexity index is 553. The minimum Gasteiger partial charge on any atom is -0.351 e. The number of nitriles is 1. The summed E-state index contributed by atoms with van der Waals surface area (Å²) in [6.45, 7) is 0.402. The van der Waals surface area contributed by atoms with Gasteiger partial charge in [0.1, 0.15) is 0 Å². The maximum absolute atomic E-state index is 11.8. The average molecular weight is 230 g/mol. The minimum absolute atomic E-state index is 0.104. The topological polar surface area (TPSA) is 52.9 Å². The van der Waals surface area contributed by atoms with Crippen LogP contribution in [0.4, 0.5) is 0 Å². The van der Waals surface area contributed by atoms with Crippen LogP contribution < -0.4 is 5.32 Å². The van der Waals surface area contributed by atoms with Crippen molar-refractivity contribution in [3.8, 4) is 6.07 Å². The highest BCUT2D eigenvalue weighted by Gasteiger charge is 2.10. The van der Waals surface area contributed by atoms with E-state index in [1.54, 1.807) is 11.3 Å². The molecule has 2 aromatic rings. The fourth-order valence-corrected chi connectivity index (χ4v) is 2.42. The van der Waals surface area contributed by atoms with Crippen molar-refractivity contribution in [2.45, 2.75) is 6.42 Å². The van der Waals surface area contributed by atoms with Crippen LogP contribution in [0.3, 0.4) is 0 Å². The van der Waals surface area contributed by atoms with Crippen LogP contribution in [-0.4, -0.2) is 12.5 Å². The summed E-state index contributed by atoms with van der Waals surface area (Å²) in [5, 5.41) is 13.9. The molecule has 0 fully saturated rings. The molecule has 80 valence electrons. The van der Waals surface area contributed by atoms with Crippen LogP contribution >= 0.6 is 11.3 Å². The van der Waals surface area contributed by atoms with E-state index in [0.717, 1.165) is 10.1 Å². The van der Waals surface area contributed by atoms with Crippen molar-refractivity contribution in [1.29, 1.82) is 5.26 Å². The predicted molar refractivity (Wildman–Crippen MR) is 64.4 cm³/mol. The molecule has 16 heavy (non-hydrogen) atoms. The first-order chi connectivity index (χ1) is 7.83. The van der Waals surface area contributed by atoms with E-state index < -0.39 is 0 Å². The summed E-state index contributed by atoms with van der Waals surface area (Å²) in [6, 6.07) is 9.79. The van der Waals surface area contributed by atoms with Gasteiger partial charge in [0.05, 0.1) is 18.1 Å². The zero-order chi connectivity index (χ0) is 11.4. The van der Waals surface area contributed by atoms with E-state index >= 15 is 0 Å². The maximum atomic E-state index is 11.8. The molecule has 0 saturated heterocycles. The first kappa shape index (κ1) is 10.7. The van der Waals surface area contributed by atoms with Crippen LogP contribution in [-0.2, 0) is 0 Å². The van der Waals surface area contributed by atoms with Crippen molar-refractivity contribution in [2.75, 3.05) is 6.54 Å². The number of carbonyl (C=O) groups excluding carboxylic acids is 1. The SMILES string of the molecule is N#CCCNC(=O)c1csc2ccccc12. The van der Waals surface area contributed by atoms with Crippen LogP contribution in [0.25, 0.3) is 10.1 Å².